The molecule has 0 fully saturated rings. The van der Waals surface area contributed by atoms with Crippen LogP contribution in [0, 0.1) is 5.92 Å². The lowest BCUT2D eigenvalue weighted by atomic mass is 10.0. The van der Waals surface area contributed by atoms with Gasteiger partial charge in [-0.05, 0) is 31.4 Å². The molecule has 0 aliphatic heterocycles. The van der Waals surface area contributed by atoms with E-state index in [1.165, 1.54) is 20.3 Å². The molecule has 0 heterocycles. The molecule has 22 heavy (non-hydrogen) atoms. The fourth-order valence-electron chi connectivity index (χ4n) is 2.22. The minimum absolute atomic E-state index is 0.115. The van der Waals surface area contributed by atoms with Crippen molar-refractivity contribution >= 4 is 10.0 Å². The van der Waals surface area contributed by atoms with Gasteiger partial charge in [0, 0.05) is 12.1 Å². The normalized spacial score (nSPS) is 13.2. The van der Waals surface area contributed by atoms with Crippen molar-refractivity contribution in [3.05, 3.63) is 18.2 Å². The highest BCUT2D eigenvalue weighted by Crippen LogP contribution is 2.28. The number of sulfonamides is 1. The zero-order valence-corrected chi connectivity index (χ0v) is 14.9. The van der Waals surface area contributed by atoms with Crippen molar-refractivity contribution in [3.8, 4) is 11.5 Å². The average molecular weight is 329 g/mol. The van der Waals surface area contributed by atoms with Gasteiger partial charge in [0.05, 0.1) is 14.2 Å². The number of methoxy groups -OCH3 is 2. The molecular weight excluding hydrogens is 302 g/mol. The number of benzene rings is 1. The van der Waals surface area contributed by atoms with E-state index in [0.717, 1.165) is 19.3 Å². The zero-order chi connectivity index (χ0) is 16.8. The number of rotatable bonds is 9. The summed E-state index contributed by atoms with van der Waals surface area (Å²) in [7, 11) is -0.638. The summed E-state index contributed by atoms with van der Waals surface area (Å²) < 4.78 is 37.9. The van der Waals surface area contributed by atoms with E-state index < -0.39 is 10.0 Å². The number of ether oxygens (including phenoxy) is 2. The molecule has 1 unspecified atom stereocenters. The Labute approximate surface area is 134 Å². The highest BCUT2D eigenvalue weighted by molar-refractivity contribution is 7.89. The Balaban J connectivity index is 2.81. The van der Waals surface area contributed by atoms with Crippen LogP contribution >= 0.6 is 0 Å². The Hall–Kier alpha value is -1.27. The van der Waals surface area contributed by atoms with E-state index >= 15 is 0 Å². The summed E-state index contributed by atoms with van der Waals surface area (Å²) in [5.74, 6) is 1.47. The average Bonchev–Trinajstić information content (AvgIpc) is 2.45. The summed E-state index contributed by atoms with van der Waals surface area (Å²) in [4.78, 5) is 0.131. The molecule has 0 radical (unpaired) electrons. The smallest absolute Gasteiger partial charge is 0.244 e. The maximum atomic E-state index is 12.5. The van der Waals surface area contributed by atoms with Crippen LogP contribution in [0.2, 0.25) is 0 Å². The lowest BCUT2D eigenvalue weighted by molar-refractivity contribution is 0.385. The Bertz CT molecular complexity index is 570. The molecule has 1 atom stereocenters. The van der Waals surface area contributed by atoms with Crippen LogP contribution in [0.3, 0.4) is 0 Å². The van der Waals surface area contributed by atoms with Gasteiger partial charge in [0.1, 0.15) is 16.4 Å². The predicted molar refractivity (Wildman–Crippen MR) is 88.0 cm³/mol. The quantitative estimate of drug-likeness (QED) is 0.755. The molecule has 0 bridgehead atoms. The molecule has 0 aromatic heterocycles. The van der Waals surface area contributed by atoms with Crippen LogP contribution in [0.5, 0.6) is 11.5 Å². The second-order valence-electron chi connectivity index (χ2n) is 5.86. The summed E-state index contributed by atoms with van der Waals surface area (Å²) in [5, 5.41) is 0. The topological polar surface area (TPSA) is 64.6 Å². The van der Waals surface area contributed by atoms with Gasteiger partial charge in [-0.2, -0.15) is 0 Å². The molecule has 0 aliphatic carbocycles. The van der Waals surface area contributed by atoms with Crippen molar-refractivity contribution in [2.75, 3.05) is 14.2 Å². The summed E-state index contributed by atoms with van der Waals surface area (Å²) in [6.07, 6.45) is 2.91. The van der Waals surface area contributed by atoms with Crippen molar-refractivity contribution < 1.29 is 17.9 Å². The molecule has 0 saturated carbocycles. The van der Waals surface area contributed by atoms with Gasteiger partial charge in [-0.3, -0.25) is 0 Å². The van der Waals surface area contributed by atoms with E-state index in [4.69, 9.17) is 9.47 Å². The predicted octanol–water partition coefficient (Wildman–Crippen LogP) is 3.20. The molecular formula is C16H27NO4S. The van der Waals surface area contributed by atoms with E-state index in [-0.39, 0.29) is 16.7 Å². The van der Waals surface area contributed by atoms with Gasteiger partial charge in [0.25, 0.3) is 0 Å². The van der Waals surface area contributed by atoms with E-state index in [9.17, 15) is 8.42 Å². The fraction of sp³-hybridized carbons (Fsp3) is 0.625. The molecule has 5 nitrogen and oxygen atoms in total. The van der Waals surface area contributed by atoms with Crippen molar-refractivity contribution in [1.29, 1.82) is 0 Å². The molecule has 0 aliphatic rings. The minimum Gasteiger partial charge on any atom is -0.497 e. The third-order valence-electron chi connectivity index (χ3n) is 3.44. The summed E-state index contributed by atoms with van der Waals surface area (Å²) in [6, 6.07) is 4.56. The highest BCUT2D eigenvalue weighted by atomic mass is 32.2. The lowest BCUT2D eigenvalue weighted by Gasteiger charge is -2.16. The van der Waals surface area contributed by atoms with Crippen molar-refractivity contribution in [3.63, 3.8) is 0 Å². The summed E-state index contributed by atoms with van der Waals surface area (Å²) >= 11 is 0. The van der Waals surface area contributed by atoms with E-state index in [2.05, 4.69) is 18.6 Å². The van der Waals surface area contributed by atoms with Gasteiger partial charge in [0.2, 0.25) is 10.0 Å². The molecule has 0 spiro atoms. The van der Waals surface area contributed by atoms with Gasteiger partial charge in [-0.1, -0.05) is 26.7 Å². The Kier molecular flexibility index (Phi) is 7.16. The Morgan fingerprint density at radius 1 is 1.09 bits per heavy atom. The van der Waals surface area contributed by atoms with Gasteiger partial charge in [0.15, 0.2) is 0 Å². The SMILES string of the molecule is COc1ccc(S(=O)(=O)NC(C)CCCC(C)C)c(OC)c1. The monoisotopic (exact) mass is 329 g/mol. The van der Waals surface area contributed by atoms with Crippen LogP contribution in [0.15, 0.2) is 23.1 Å². The molecule has 126 valence electrons. The van der Waals surface area contributed by atoms with E-state index in [0.29, 0.717) is 11.7 Å². The Morgan fingerprint density at radius 3 is 2.32 bits per heavy atom. The Morgan fingerprint density at radius 2 is 1.77 bits per heavy atom. The van der Waals surface area contributed by atoms with Crippen LogP contribution in [-0.4, -0.2) is 28.7 Å². The molecule has 1 aromatic rings. The molecule has 1 aromatic carbocycles. The largest absolute Gasteiger partial charge is 0.497 e. The first-order valence-corrected chi connectivity index (χ1v) is 9.02. The first-order chi connectivity index (χ1) is 10.3. The van der Waals surface area contributed by atoms with Gasteiger partial charge in [-0.15, -0.1) is 0 Å². The lowest BCUT2D eigenvalue weighted by Crippen LogP contribution is -2.32. The van der Waals surface area contributed by atoms with Crippen LogP contribution in [0.1, 0.15) is 40.0 Å². The summed E-state index contributed by atoms with van der Waals surface area (Å²) in [5.41, 5.74) is 0. The fourth-order valence-corrected chi connectivity index (χ4v) is 3.65. The number of hydrogen-bond acceptors (Lipinski definition) is 4. The van der Waals surface area contributed by atoms with E-state index in [1.807, 2.05) is 6.92 Å². The molecule has 0 saturated heterocycles. The van der Waals surface area contributed by atoms with Gasteiger partial charge >= 0.3 is 0 Å². The standard InChI is InChI=1S/C16H27NO4S/c1-12(2)7-6-8-13(3)17-22(18,19)16-10-9-14(20-4)11-15(16)21-5/h9-13,17H,6-8H2,1-5H3. The first-order valence-electron chi connectivity index (χ1n) is 7.54. The van der Waals surface area contributed by atoms with Crippen LogP contribution in [0.4, 0.5) is 0 Å². The van der Waals surface area contributed by atoms with Crippen LogP contribution < -0.4 is 14.2 Å². The third-order valence-corrected chi connectivity index (χ3v) is 5.06. The molecule has 1 N–H and O–H groups in total. The van der Waals surface area contributed by atoms with Crippen molar-refractivity contribution in [2.45, 2.75) is 51.0 Å². The van der Waals surface area contributed by atoms with Crippen LogP contribution in [-0.2, 0) is 10.0 Å². The second kappa shape index (κ2) is 8.39. The van der Waals surface area contributed by atoms with E-state index in [1.54, 1.807) is 12.1 Å². The second-order valence-corrected chi connectivity index (χ2v) is 7.55. The van der Waals surface area contributed by atoms with Gasteiger partial charge < -0.3 is 9.47 Å². The number of nitrogens with one attached hydrogen (secondary N) is 1. The maximum absolute atomic E-state index is 12.5. The van der Waals surface area contributed by atoms with Crippen molar-refractivity contribution in [2.24, 2.45) is 5.92 Å². The zero-order valence-electron chi connectivity index (χ0n) is 14.0. The molecule has 0 amide bonds. The maximum Gasteiger partial charge on any atom is 0.244 e. The van der Waals surface area contributed by atoms with Crippen LogP contribution in [0.25, 0.3) is 0 Å². The first kappa shape index (κ1) is 18.8. The molecule has 1 rings (SSSR count). The number of hydrogen-bond donors (Lipinski definition) is 1. The molecule has 6 heteroatoms. The van der Waals surface area contributed by atoms with Gasteiger partial charge in [-0.25, -0.2) is 13.1 Å². The summed E-state index contributed by atoms with van der Waals surface area (Å²) in [6.45, 7) is 6.21. The third kappa shape index (κ3) is 5.50. The minimum atomic E-state index is -3.61. The highest BCUT2D eigenvalue weighted by Gasteiger charge is 2.22. The van der Waals surface area contributed by atoms with Crippen molar-refractivity contribution in [1.82, 2.24) is 4.72 Å².